The van der Waals surface area contributed by atoms with Gasteiger partial charge in [-0.3, -0.25) is 9.78 Å². The molecule has 0 saturated heterocycles. The van der Waals surface area contributed by atoms with E-state index in [4.69, 9.17) is 21.1 Å². The van der Waals surface area contributed by atoms with E-state index in [1.54, 1.807) is 18.2 Å². The second-order valence-electron chi connectivity index (χ2n) is 6.89. The number of methoxy groups -OCH3 is 1. The number of aromatic hydroxyl groups is 1. The van der Waals surface area contributed by atoms with Crippen LogP contribution in [0.5, 0.6) is 17.2 Å². The van der Waals surface area contributed by atoms with Crippen LogP contribution in [0.1, 0.15) is 15.9 Å². The number of nitrogens with one attached hydrogen (secondary N) is 1. The fraction of sp³-hybridized carbons (Fsp3) is 0.0833. The Labute approximate surface area is 200 Å². The molecule has 0 fully saturated rings. The molecule has 0 aliphatic heterocycles. The zero-order valence-electron chi connectivity index (χ0n) is 17.3. The van der Waals surface area contributed by atoms with E-state index in [9.17, 15) is 14.3 Å². The molecule has 0 aliphatic rings. The molecule has 6 nitrogen and oxygen atoms in total. The lowest BCUT2D eigenvalue weighted by Gasteiger charge is -2.14. The molecule has 0 radical (unpaired) electrons. The maximum atomic E-state index is 14.2. The van der Waals surface area contributed by atoms with Gasteiger partial charge in [-0.25, -0.2) is 4.39 Å². The molecule has 4 rings (SSSR count). The Balaban J connectivity index is 0.00000306. The molecule has 2 N–H and O–H groups in total. The molecule has 9 heteroatoms. The van der Waals surface area contributed by atoms with Crippen molar-refractivity contribution in [2.45, 2.75) is 6.61 Å². The zero-order valence-corrected chi connectivity index (χ0v) is 18.9. The minimum atomic E-state index is -0.849. The number of carbonyl (C=O) groups is 1. The zero-order chi connectivity index (χ0) is 22.7. The average Bonchev–Trinajstić information content (AvgIpc) is 2.80. The van der Waals surface area contributed by atoms with Crippen LogP contribution in [0.2, 0.25) is 5.02 Å². The Morgan fingerprint density at radius 3 is 2.61 bits per heavy atom. The minimum Gasteiger partial charge on any atom is -0.506 e. The van der Waals surface area contributed by atoms with Gasteiger partial charge in [0.05, 0.1) is 28.9 Å². The SMILES string of the molecule is COc1cc2c(NC(=O)c3cc(O)c(Cl)cc3F)ccnc2cc1OCc1ccccc1.Cl. The van der Waals surface area contributed by atoms with Crippen LogP contribution in [0.25, 0.3) is 10.9 Å². The quantitative estimate of drug-likeness (QED) is 0.348. The van der Waals surface area contributed by atoms with Gasteiger partial charge >= 0.3 is 0 Å². The highest BCUT2D eigenvalue weighted by molar-refractivity contribution is 6.32. The molecule has 4 aromatic rings. The van der Waals surface area contributed by atoms with Crippen molar-refractivity contribution in [1.29, 1.82) is 0 Å². The van der Waals surface area contributed by atoms with Crippen molar-refractivity contribution in [2.75, 3.05) is 12.4 Å². The van der Waals surface area contributed by atoms with Crippen LogP contribution in [-0.4, -0.2) is 23.1 Å². The van der Waals surface area contributed by atoms with Crippen molar-refractivity contribution < 1.29 is 23.8 Å². The molecular weight excluding hydrogens is 470 g/mol. The number of ether oxygens (including phenoxy) is 2. The summed E-state index contributed by atoms with van der Waals surface area (Å²) in [5, 5.41) is 12.8. The summed E-state index contributed by atoms with van der Waals surface area (Å²) >= 11 is 5.69. The molecule has 0 aliphatic carbocycles. The van der Waals surface area contributed by atoms with E-state index in [1.165, 1.54) is 13.3 Å². The summed E-state index contributed by atoms with van der Waals surface area (Å²) < 4.78 is 25.6. The Bertz CT molecular complexity index is 1300. The molecule has 0 saturated carbocycles. The Kier molecular flexibility index (Phi) is 7.58. The lowest BCUT2D eigenvalue weighted by Crippen LogP contribution is -2.14. The van der Waals surface area contributed by atoms with Crippen LogP contribution >= 0.6 is 24.0 Å². The maximum absolute atomic E-state index is 14.2. The first kappa shape index (κ1) is 24.1. The molecule has 1 amide bonds. The lowest BCUT2D eigenvalue weighted by atomic mass is 10.1. The van der Waals surface area contributed by atoms with Crippen molar-refractivity contribution in [3.8, 4) is 17.2 Å². The second kappa shape index (κ2) is 10.4. The van der Waals surface area contributed by atoms with E-state index in [2.05, 4.69) is 10.3 Å². The van der Waals surface area contributed by atoms with Gasteiger partial charge in [-0.1, -0.05) is 41.9 Å². The summed E-state index contributed by atoms with van der Waals surface area (Å²) in [6.07, 6.45) is 1.51. The third-order valence-electron chi connectivity index (χ3n) is 4.79. The number of hydrogen-bond acceptors (Lipinski definition) is 5. The number of amides is 1. The predicted molar refractivity (Wildman–Crippen MR) is 127 cm³/mol. The third kappa shape index (κ3) is 5.27. The van der Waals surface area contributed by atoms with Gasteiger partial charge in [0.2, 0.25) is 0 Å². The summed E-state index contributed by atoms with van der Waals surface area (Å²) in [5.41, 5.74) is 1.59. The molecule has 1 heterocycles. The number of aromatic nitrogens is 1. The number of anilines is 1. The molecule has 0 bridgehead atoms. The normalized spacial score (nSPS) is 10.4. The van der Waals surface area contributed by atoms with Gasteiger partial charge in [-0.05, 0) is 29.8 Å². The number of fused-ring (bicyclic) bond motifs is 1. The monoisotopic (exact) mass is 488 g/mol. The Morgan fingerprint density at radius 2 is 1.88 bits per heavy atom. The highest BCUT2D eigenvalue weighted by Gasteiger charge is 2.17. The van der Waals surface area contributed by atoms with E-state index in [0.717, 1.165) is 17.7 Å². The first-order valence-electron chi connectivity index (χ1n) is 9.59. The molecule has 0 atom stereocenters. The van der Waals surface area contributed by atoms with Crippen LogP contribution in [-0.2, 0) is 6.61 Å². The molecule has 0 spiro atoms. The van der Waals surface area contributed by atoms with Gasteiger partial charge in [0.15, 0.2) is 11.5 Å². The summed E-state index contributed by atoms with van der Waals surface area (Å²) in [5.74, 6) is -1.04. The first-order chi connectivity index (χ1) is 15.5. The maximum Gasteiger partial charge on any atom is 0.258 e. The third-order valence-corrected chi connectivity index (χ3v) is 5.10. The van der Waals surface area contributed by atoms with E-state index >= 15 is 0 Å². The molecule has 0 unspecified atom stereocenters. The topological polar surface area (TPSA) is 80.7 Å². The number of phenols is 1. The van der Waals surface area contributed by atoms with E-state index in [0.29, 0.717) is 34.7 Å². The molecule has 170 valence electrons. The van der Waals surface area contributed by atoms with Crippen molar-refractivity contribution in [2.24, 2.45) is 0 Å². The number of halogens is 3. The van der Waals surface area contributed by atoms with E-state index in [-0.39, 0.29) is 28.7 Å². The standard InChI is InChI=1S/C24H18ClFN2O4.ClH/c1-31-22-10-16-19(28-24(30)15-9-21(29)17(25)11-18(15)26)7-8-27-20(16)12-23(22)32-13-14-5-3-2-4-6-14;/h2-12,29H,13H2,1H3,(H,27,28,30);1H. The van der Waals surface area contributed by atoms with E-state index in [1.807, 2.05) is 30.3 Å². The highest BCUT2D eigenvalue weighted by Crippen LogP contribution is 2.35. The predicted octanol–water partition coefficient (Wildman–Crippen LogP) is 5.99. The number of nitrogens with zero attached hydrogens (tertiary/aromatic N) is 1. The van der Waals surface area contributed by atoms with Gasteiger partial charge in [-0.15, -0.1) is 12.4 Å². The van der Waals surface area contributed by atoms with E-state index < -0.39 is 11.7 Å². The van der Waals surface area contributed by atoms with Gasteiger partial charge in [0.25, 0.3) is 5.91 Å². The Morgan fingerprint density at radius 1 is 1.12 bits per heavy atom. The summed E-state index contributed by atoms with van der Waals surface area (Å²) in [4.78, 5) is 17.0. The summed E-state index contributed by atoms with van der Waals surface area (Å²) in [7, 11) is 1.51. The number of pyridine rings is 1. The summed E-state index contributed by atoms with van der Waals surface area (Å²) in [6.45, 7) is 0.346. The smallest absolute Gasteiger partial charge is 0.258 e. The van der Waals surface area contributed by atoms with Crippen LogP contribution < -0.4 is 14.8 Å². The Hall–Kier alpha value is -3.55. The van der Waals surface area contributed by atoms with Gasteiger partial charge in [-0.2, -0.15) is 0 Å². The van der Waals surface area contributed by atoms with Gasteiger partial charge < -0.3 is 19.9 Å². The number of rotatable bonds is 6. The van der Waals surface area contributed by atoms with Crippen molar-refractivity contribution in [3.05, 3.63) is 88.8 Å². The largest absolute Gasteiger partial charge is 0.506 e. The molecule has 1 aromatic heterocycles. The van der Waals surface area contributed by atoms with Gasteiger partial charge in [0.1, 0.15) is 18.2 Å². The minimum absolute atomic E-state index is 0. The lowest BCUT2D eigenvalue weighted by molar-refractivity contribution is 0.102. The fourth-order valence-corrected chi connectivity index (χ4v) is 3.32. The molecule has 3 aromatic carbocycles. The number of benzene rings is 3. The van der Waals surface area contributed by atoms with Crippen LogP contribution in [0.15, 0.2) is 66.9 Å². The fourth-order valence-electron chi connectivity index (χ4n) is 3.17. The summed E-state index contributed by atoms with van der Waals surface area (Å²) in [6, 6.07) is 16.5. The van der Waals surface area contributed by atoms with Crippen LogP contribution in [0, 0.1) is 5.82 Å². The highest BCUT2D eigenvalue weighted by atomic mass is 35.5. The molecular formula is C24H19Cl2FN2O4. The van der Waals surface area contributed by atoms with Crippen molar-refractivity contribution in [3.63, 3.8) is 0 Å². The first-order valence-corrected chi connectivity index (χ1v) is 9.97. The van der Waals surface area contributed by atoms with Crippen molar-refractivity contribution in [1.82, 2.24) is 4.98 Å². The van der Waals surface area contributed by atoms with Gasteiger partial charge in [0, 0.05) is 17.6 Å². The molecule has 33 heavy (non-hydrogen) atoms. The number of phenolic OH excluding ortho intramolecular Hbond substituents is 1. The second-order valence-corrected chi connectivity index (χ2v) is 7.30. The number of carbonyl (C=O) groups excluding carboxylic acids is 1. The average molecular weight is 489 g/mol. The van der Waals surface area contributed by atoms with Crippen molar-refractivity contribution >= 4 is 46.5 Å². The van der Waals surface area contributed by atoms with Crippen LogP contribution in [0.4, 0.5) is 10.1 Å². The van der Waals surface area contributed by atoms with Crippen LogP contribution in [0.3, 0.4) is 0 Å². The number of hydrogen-bond donors (Lipinski definition) is 2.